The highest BCUT2D eigenvalue weighted by Crippen LogP contribution is 2.08. The molecule has 0 saturated carbocycles. The second kappa shape index (κ2) is 5.14. The number of hydrogen-bond donors (Lipinski definition) is 0. The molecule has 0 unspecified atom stereocenters. The number of likely N-dealkylation sites (tertiary alicyclic amines) is 1. The van der Waals surface area contributed by atoms with Gasteiger partial charge in [0.2, 0.25) is 5.91 Å². The first-order chi connectivity index (χ1) is 5.84. The molecule has 12 heavy (non-hydrogen) atoms. The van der Waals surface area contributed by atoms with Gasteiger partial charge >= 0.3 is 0 Å². The molecule has 0 bridgehead atoms. The van der Waals surface area contributed by atoms with Crippen LogP contribution in [0.2, 0.25) is 0 Å². The average Bonchev–Trinajstić information content (AvgIpc) is 2.56. The van der Waals surface area contributed by atoms with Gasteiger partial charge in [-0.3, -0.25) is 4.79 Å². The number of carbonyl (C=O) groups is 1. The molecule has 0 aromatic carbocycles. The normalized spacial score (nSPS) is 16.9. The number of carbonyl (C=O) groups excluding carboxylic acids is 1. The lowest BCUT2D eigenvalue weighted by molar-refractivity contribution is -0.131. The van der Waals surface area contributed by atoms with Crippen LogP contribution in [-0.2, 0) is 9.53 Å². The molecule has 0 atom stereocenters. The molecule has 1 aliphatic heterocycles. The lowest BCUT2D eigenvalue weighted by Crippen LogP contribution is -2.28. The second-order valence-electron chi connectivity index (χ2n) is 3.03. The summed E-state index contributed by atoms with van der Waals surface area (Å²) in [7, 11) is 0. The van der Waals surface area contributed by atoms with E-state index in [1.807, 2.05) is 11.8 Å². The quantitative estimate of drug-likeness (QED) is 0.591. The van der Waals surface area contributed by atoms with Crippen LogP contribution in [-0.4, -0.2) is 37.1 Å². The van der Waals surface area contributed by atoms with Crippen LogP contribution in [0.5, 0.6) is 0 Å². The van der Waals surface area contributed by atoms with Crippen LogP contribution in [0.4, 0.5) is 0 Å². The second-order valence-corrected chi connectivity index (χ2v) is 3.03. The van der Waals surface area contributed by atoms with E-state index in [0.717, 1.165) is 13.1 Å². The molecule has 0 N–H and O–H groups in total. The Hall–Kier alpha value is -0.570. The third-order valence-electron chi connectivity index (χ3n) is 2.12. The van der Waals surface area contributed by atoms with Gasteiger partial charge in [-0.15, -0.1) is 0 Å². The highest BCUT2D eigenvalue weighted by Gasteiger charge is 2.16. The van der Waals surface area contributed by atoms with Gasteiger partial charge in [-0.25, -0.2) is 0 Å². The van der Waals surface area contributed by atoms with Crippen molar-refractivity contribution < 1.29 is 9.53 Å². The van der Waals surface area contributed by atoms with E-state index in [2.05, 4.69) is 0 Å². The summed E-state index contributed by atoms with van der Waals surface area (Å²) >= 11 is 0. The summed E-state index contributed by atoms with van der Waals surface area (Å²) in [5, 5.41) is 0. The summed E-state index contributed by atoms with van der Waals surface area (Å²) in [5.74, 6) is 0.251. The molecule has 0 spiro atoms. The van der Waals surface area contributed by atoms with Crippen molar-refractivity contribution in [1.82, 2.24) is 4.90 Å². The smallest absolute Gasteiger partial charge is 0.224 e. The Labute approximate surface area is 73.7 Å². The molecular formula is C9H17NO2. The third kappa shape index (κ3) is 2.81. The molecule has 1 rings (SSSR count). The van der Waals surface area contributed by atoms with Crippen LogP contribution in [0, 0.1) is 0 Å². The van der Waals surface area contributed by atoms with E-state index in [1.54, 1.807) is 0 Å². The van der Waals surface area contributed by atoms with E-state index < -0.39 is 0 Å². The van der Waals surface area contributed by atoms with E-state index >= 15 is 0 Å². The zero-order valence-electron chi connectivity index (χ0n) is 7.71. The van der Waals surface area contributed by atoms with Gasteiger partial charge in [-0.1, -0.05) is 0 Å². The Morgan fingerprint density at radius 1 is 1.42 bits per heavy atom. The van der Waals surface area contributed by atoms with Gasteiger partial charge in [0.25, 0.3) is 0 Å². The van der Waals surface area contributed by atoms with Crippen LogP contribution >= 0.6 is 0 Å². The Morgan fingerprint density at radius 2 is 2.08 bits per heavy atom. The maximum Gasteiger partial charge on any atom is 0.224 e. The van der Waals surface area contributed by atoms with Crippen LogP contribution in [0.25, 0.3) is 0 Å². The summed E-state index contributed by atoms with van der Waals surface area (Å²) in [4.78, 5) is 13.3. The average molecular weight is 171 g/mol. The number of hydrogen-bond acceptors (Lipinski definition) is 2. The van der Waals surface area contributed by atoms with Gasteiger partial charge in [0.05, 0.1) is 13.0 Å². The van der Waals surface area contributed by atoms with Crippen molar-refractivity contribution in [3.63, 3.8) is 0 Å². The van der Waals surface area contributed by atoms with Gasteiger partial charge in [0.15, 0.2) is 0 Å². The maximum atomic E-state index is 11.4. The largest absolute Gasteiger partial charge is 0.381 e. The molecule has 3 nitrogen and oxygen atoms in total. The van der Waals surface area contributed by atoms with Gasteiger partial charge in [0, 0.05) is 19.7 Å². The Bertz CT molecular complexity index is 141. The first-order valence-corrected chi connectivity index (χ1v) is 4.70. The SMILES string of the molecule is CCOCCC(=O)N1CCCC1. The lowest BCUT2D eigenvalue weighted by atomic mass is 10.4. The zero-order chi connectivity index (χ0) is 8.81. The number of nitrogens with zero attached hydrogens (tertiary/aromatic N) is 1. The monoisotopic (exact) mass is 171 g/mol. The molecule has 1 heterocycles. The molecule has 0 aromatic heterocycles. The maximum absolute atomic E-state index is 11.4. The van der Waals surface area contributed by atoms with E-state index in [9.17, 15) is 4.79 Å². The van der Waals surface area contributed by atoms with Gasteiger partial charge in [0.1, 0.15) is 0 Å². The molecule has 1 fully saturated rings. The van der Waals surface area contributed by atoms with Crippen molar-refractivity contribution >= 4 is 5.91 Å². The minimum absolute atomic E-state index is 0.251. The van der Waals surface area contributed by atoms with E-state index in [4.69, 9.17) is 4.74 Å². The summed E-state index contributed by atoms with van der Waals surface area (Å²) in [6.45, 7) is 5.12. The Balaban J connectivity index is 2.10. The van der Waals surface area contributed by atoms with Crippen molar-refractivity contribution in [3.8, 4) is 0 Å². The fraction of sp³-hybridized carbons (Fsp3) is 0.889. The van der Waals surface area contributed by atoms with Gasteiger partial charge < -0.3 is 9.64 Å². The van der Waals surface area contributed by atoms with Crippen molar-refractivity contribution in [3.05, 3.63) is 0 Å². The summed E-state index contributed by atoms with van der Waals surface area (Å²) < 4.78 is 5.12. The van der Waals surface area contributed by atoms with E-state index in [1.165, 1.54) is 12.8 Å². The van der Waals surface area contributed by atoms with Crippen molar-refractivity contribution in [1.29, 1.82) is 0 Å². The third-order valence-corrected chi connectivity index (χ3v) is 2.12. The van der Waals surface area contributed by atoms with Crippen LogP contribution in [0.3, 0.4) is 0 Å². The predicted octanol–water partition coefficient (Wildman–Crippen LogP) is 1.04. The van der Waals surface area contributed by atoms with Crippen LogP contribution in [0.1, 0.15) is 26.2 Å². The molecule has 1 saturated heterocycles. The molecule has 3 heteroatoms. The first kappa shape index (κ1) is 9.52. The predicted molar refractivity (Wildman–Crippen MR) is 46.9 cm³/mol. The topological polar surface area (TPSA) is 29.5 Å². The number of ether oxygens (including phenoxy) is 1. The minimum Gasteiger partial charge on any atom is -0.381 e. The zero-order valence-corrected chi connectivity index (χ0v) is 7.71. The minimum atomic E-state index is 0.251. The molecule has 1 amide bonds. The van der Waals surface area contributed by atoms with Gasteiger partial charge in [-0.2, -0.15) is 0 Å². The number of rotatable bonds is 4. The van der Waals surface area contributed by atoms with Crippen molar-refractivity contribution in [2.24, 2.45) is 0 Å². The van der Waals surface area contributed by atoms with Crippen molar-refractivity contribution in [2.45, 2.75) is 26.2 Å². The molecule has 70 valence electrons. The van der Waals surface area contributed by atoms with E-state index in [-0.39, 0.29) is 5.91 Å². The molecular weight excluding hydrogens is 154 g/mol. The van der Waals surface area contributed by atoms with Crippen LogP contribution < -0.4 is 0 Å². The first-order valence-electron chi connectivity index (χ1n) is 4.70. The Morgan fingerprint density at radius 3 is 2.67 bits per heavy atom. The number of amides is 1. The molecule has 0 radical (unpaired) electrons. The van der Waals surface area contributed by atoms with Crippen LogP contribution in [0.15, 0.2) is 0 Å². The fourth-order valence-electron chi connectivity index (χ4n) is 1.43. The Kier molecular flexibility index (Phi) is 4.08. The standard InChI is InChI=1S/C9H17NO2/c1-2-12-8-5-9(11)10-6-3-4-7-10/h2-8H2,1H3. The molecule has 1 aliphatic rings. The van der Waals surface area contributed by atoms with E-state index in [0.29, 0.717) is 19.6 Å². The fourth-order valence-corrected chi connectivity index (χ4v) is 1.43. The molecule has 0 aliphatic carbocycles. The summed E-state index contributed by atoms with van der Waals surface area (Å²) in [5.41, 5.74) is 0. The summed E-state index contributed by atoms with van der Waals surface area (Å²) in [6.07, 6.45) is 2.88. The molecule has 0 aromatic rings. The highest BCUT2D eigenvalue weighted by molar-refractivity contribution is 5.76. The highest BCUT2D eigenvalue weighted by atomic mass is 16.5. The summed E-state index contributed by atoms with van der Waals surface area (Å²) in [6, 6.07) is 0. The van der Waals surface area contributed by atoms with Gasteiger partial charge in [-0.05, 0) is 19.8 Å². The lowest BCUT2D eigenvalue weighted by Gasteiger charge is -2.14. The van der Waals surface area contributed by atoms with Crippen molar-refractivity contribution in [2.75, 3.05) is 26.3 Å².